The fraction of sp³-hybridized carbons (Fsp3) is 1.00. The molecule has 1 atom stereocenters. The highest BCUT2D eigenvalue weighted by atomic mass is 32.2. The molecular formula is C7H18N4O2S. The van der Waals surface area contributed by atoms with Crippen LogP contribution in [0.5, 0.6) is 0 Å². The molecule has 6 nitrogen and oxygen atoms in total. The van der Waals surface area contributed by atoms with E-state index in [4.69, 9.17) is 5.73 Å². The third-order valence-electron chi connectivity index (χ3n) is 2.47. The van der Waals surface area contributed by atoms with Gasteiger partial charge in [0, 0.05) is 33.2 Å². The van der Waals surface area contributed by atoms with Crippen LogP contribution < -0.4 is 10.5 Å². The highest BCUT2D eigenvalue weighted by molar-refractivity contribution is 7.87. The number of nitrogens with zero attached hydrogens (tertiary/aromatic N) is 2. The lowest BCUT2D eigenvalue weighted by atomic mass is 10.2. The molecule has 0 aromatic heterocycles. The first-order valence-corrected chi connectivity index (χ1v) is 6.04. The standard InChI is InChI=1S/C7H18N4O2S/c1-9-14(12,13)11-4-3-10(2)6-7(11)5-8/h7,9H,3-6,8H2,1-2H3. The minimum atomic E-state index is -3.33. The van der Waals surface area contributed by atoms with Gasteiger partial charge in [0.25, 0.3) is 10.2 Å². The Morgan fingerprint density at radius 2 is 2.14 bits per heavy atom. The summed E-state index contributed by atoms with van der Waals surface area (Å²) < 4.78 is 26.9. The Morgan fingerprint density at radius 3 is 2.64 bits per heavy atom. The van der Waals surface area contributed by atoms with Crippen molar-refractivity contribution in [2.24, 2.45) is 5.73 Å². The number of piperazine rings is 1. The summed E-state index contributed by atoms with van der Waals surface area (Å²) in [5, 5.41) is 0. The maximum absolute atomic E-state index is 11.6. The molecule has 0 aromatic carbocycles. The lowest BCUT2D eigenvalue weighted by Crippen LogP contribution is -2.58. The van der Waals surface area contributed by atoms with Crippen molar-refractivity contribution in [1.29, 1.82) is 0 Å². The molecule has 1 rings (SSSR count). The summed E-state index contributed by atoms with van der Waals surface area (Å²) in [7, 11) is 0.0529. The monoisotopic (exact) mass is 222 g/mol. The second-order valence-electron chi connectivity index (χ2n) is 3.47. The Hall–Kier alpha value is -0.210. The molecule has 1 heterocycles. The molecule has 0 bridgehead atoms. The largest absolute Gasteiger partial charge is 0.329 e. The lowest BCUT2D eigenvalue weighted by molar-refractivity contribution is 0.163. The van der Waals surface area contributed by atoms with E-state index in [9.17, 15) is 8.42 Å². The second-order valence-corrected chi connectivity index (χ2v) is 5.30. The quantitative estimate of drug-likeness (QED) is 0.580. The fourth-order valence-electron chi connectivity index (χ4n) is 1.62. The SMILES string of the molecule is CNS(=O)(=O)N1CCN(C)CC1CN. The first kappa shape index (κ1) is 11.9. The summed E-state index contributed by atoms with van der Waals surface area (Å²) >= 11 is 0. The van der Waals surface area contributed by atoms with Gasteiger partial charge in [0.1, 0.15) is 0 Å². The molecule has 14 heavy (non-hydrogen) atoms. The number of nitrogens with one attached hydrogen (secondary N) is 1. The zero-order chi connectivity index (χ0) is 10.8. The van der Waals surface area contributed by atoms with Crippen molar-refractivity contribution in [3.05, 3.63) is 0 Å². The summed E-state index contributed by atoms with van der Waals surface area (Å²) in [5.41, 5.74) is 5.55. The number of hydrogen-bond donors (Lipinski definition) is 2. The van der Waals surface area contributed by atoms with Crippen LogP contribution >= 0.6 is 0 Å². The molecule has 1 fully saturated rings. The van der Waals surface area contributed by atoms with E-state index in [1.165, 1.54) is 11.4 Å². The highest BCUT2D eigenvalue weighted by Gasteiger charge is 2.32. The van der Waals surface area contributed by atoms with Gasteiger partial charge in [0.05, 0.1) is 6.04 Å². The number of rotatable bonds is 3. The van der Waals surface area contributed by atoms with Gasteiger partial charge in [-0.1, -0.05) is 0 Å². The molecule has 0 saturated carbocycles. The van der Waals surface area contributed by atoms with Crippen molar-refractivity contribution >= 4 is 10.2 Å². The summed E-state index contributed by atoms with van der Waals surface area (Å²) in [6.07, 6.45) is 0. The zero-order valence-electron chi connectivity index (χ0n) is 8.60. The summed E-state index contributed by atoms with van der Waals surface area (Å²) in [6, 6.07) is -0.119. The molecule has 1 aliphatic rings. The van der Waals surface area contributed by atoms with Crippen LogP contribution in [0.4, 0.5) is 0 Å². The maximum Gasteiger partial charge on any atom is 0.279 e. The predicted octanol–water partition coefficient (Wildman–Crippen LogP) is -1.97. The molecule has 1 aliphatic heterocycles. The van der Waals surface area contributed by atoms with Gasteiger partial charge in [-0.2, -0.15) is 12.7 Å². The smallest absolute Gasteiger partial charge is 0.279 e. The van der Waals surface area contributed by atoms with Gasteiger partial charge in [-0.15, -0.1) is 0 Å². The topological polar surface area (TPSA) is 78.7 Å². The lowest BCUT2D eigenvalue weighted by Gasteiger charge is -2.37. The first-order chi connectivity index (χ1) is 6.51. The molecule has 84 valence electrons. The summed E-state index contributed by atoms with van der Waals surface area (Å²) in [4.78, 5) is 2.08. The fourth-order valence-corrected chi connectivity index (χ4v) is 2.72. The van der Waals surface area contributed by atoms with Crippen LogP contribution in [-0.4, -0.2) is 63.9 Å². The van der Waals surface area contributed by atoms with E-state index in [1.807, 2.05) is 7.05 Å². The molecule has 0 radical (unpaired) electrons. The number of likely N-dealkylation sites (N-methyl/N-ethyl adjacent to an activating group) is 1. The Balaban J connectivity index is 2.78. The molecule has 7 heteroatoms. The maximum atomic E-state index is 11.6. The van der Waals surface area contributed by atoms with E-state index in [-0.39, 0.29) is 6.04 Å². The third kappa shape index (κ3) is 2.43. The van der Waals surface area contributed by atoms with Gasteiger partial charge in [-0.25, -0.2) is 4.72 Å². The van der Waals surface area contributed by atoms with Gasteiger partial charge in [-0.05, 0) is 7.05 Å². The van der Waals surface area contributed by atoms with Crippen LogP contribution in [0.2, 0.25) is 0 Å². The Kier molecular flexibility index (Phi) is 3.85. The minimum Gasteiger partial charge on any atom is -0.329 e. The van der Waals surface area contributed by atoms with Crippen LogP contribution in [0.3, 0.4) is 0 Å². The molecule has 0 amide bonds. The van der Waals surface area contributed by atoms with Crippen molar-refractivity contribution in [2.75, 3.05) is 40.3 Å². The minimum absolute atomic E-state index is 0.119. The number of hydrogen-bond acceptors (Lipinski definition) is 4. The van der Waals surface area contributed by atoms with Gasteiger partial charge < -0.3 is 10.6 Å². The van der Waals surface area contributed by atoms with E-state index in [0.29, 0.717) is 19.6 Å². The van der Waals surface area contributed by atoms with Gasteiger partial charge >= 0.3 is 0 Å². The van der Waals surface area contributed by atoms with E-state index < -0.39 is 10.2 Å². The summed E-state index contributed by atoms with van der Waals surface area (Å²) in [6.45, 7) is 2.29. The summed E-state index contributed by atoms with van der Waals surface area (Å²) in [5.74, 6) is 0. The molecule has 0 aromatic rings. The van der Waals surface area contributed by atoms with Crippen LogP contribution in [0, 0.1) is 0 Å². The van der Waals surface area contributed by atoms with Crippen LogP contribution in [-0.2, 0) is 10.2 Å². The molecule has 1 saturated heterocycles. The highest BCUT2D eigenvalue weighted by Crippen LogP contribution is 2.10. The second kappa shape index (κ2) is 4.54. The van der Waals surface area contributed by atoms with Crippen molar-refractivity contribution in [1.82, 2.24) is 13.9 Å². The van der Waals surface area contributed by atoms with Gasteiger partial charge in [-0.3, -0.25) is 0 Å². The van der Waals surface area contributed by atoms with Crippen LogP contribution in [0.1, 0.15) is 0 Å². The van der Waals surface area contributed by atoms with Crippen molar-refractivity contribution in [2.45, 2.75) is 6.04 Å². The predicted molar refractivity (Wildman–Crippen MR) is 55.0 cm³/mol. The first-order valence-electron chi connectivity index (χ1n) is 4.60. The Morgan fingerprint density at radius 1 is 1.50 bits per heavy atom. The van der Waals surface area contributed by atoms with E-state index in [2.05, 4.69) is 9.62 Å². The van der Waals surface area contributed by atoms with Crippen molar-refractivity contribution in [3.8, 4) is 0 Å². The zero-order valence-corrected chi connectivity index (χ0v) is 9.42. The third-order valence-corrected chi connectivity index (χ3v) is 4.08. The average molecular weight is 222 g/mol. The van der Waals surface area contributed by atoms with E-state index in [1.54, 1.807) is 0 Å². The molecule has 0 aliphatic carbocycles. The van der Waals surface area contributed by atoms with Crippen molar-refractivity contribution in [3.63, 3.8) is 0 Å². The number of nitrogens with two attached hydrogens (primary N) is 1. The molecular weight excluding hydrogens is 204 g/mol. The van der Waals surface area contributed by atoms with E-state index >= 15 is 0 Å². The normalized spacial score (nSPS) is 26.6. The Bertz CT molecular complexity index is 279. The van der Waals surface area contributed by atoms with Gasteiger partial charge in [0.2, 0.25) is 0 Å². The van der Waals surface area contributed by atoms with Gasteiger partial charge in [0.15, 0.2) is 0 Å². The van der Waals surface area contributed by atoms with Crippen molar-refractivity contribution < 1.29 is 8.42 Å². The van der Waals surface area contributed by atoms with Crippen LogP contribution in [0.25, 0.3) is 0 Å². The molecule has 0 spiro atoms. The molecule has 1 unspecified atom stereocenters. The van der Waals surface area contributed by atoms with E-state index in [0.717, 1.165) is 6.54 Å². The van der Waals surface area contributed by atoms with Crippen LogP contribution in [0.15, 0.2) is 0 Å². The molecule has 3 N–H and O–H groups in total. The average Bonchev–Trinajstić information content (AvgIpc) is 2.17. The Labute approximate surface area is 85.2 Å².